The molecule has 7 heteroatoms. The van der Waals surface area contributed by atoms with E-state index < -0.39 is 0 Å². The molecule has 3 aromatic rings. The highest BCUT2D eigenvalue weighted by molar-refractivity contribution is 7.98. The maximum Gasteiger partial charge on any atom is 0.237 e. The number of benzene rings is 1. The molecule has 6 nitrogen and oxygen atoms in total. The van der Waals surface area contributed by atoms with Crippen LogP contribution in [0.25, 0.3) is 11.0 Å². The molecule has 110 valence electrons. The number of imidazole rings is 1. The van der Waals surface area contributed by atoms with E-state index in [0.717, 1.165) is 40.6 Å². The number of ether oxygens (including phenoxy) is 1. The first-order chi connectivity index (χ1) is 10.3. The lowest BCUT2D eigenvalue weighted by molar-refractivity contribution is 0.384. The number of rotatable bonds is 6. The van der Waals surface area contributed by atoms with E-state index >= 15 is 0 Å². The van der Waals surface area contributed by atoms with E-state index in [4.69, 9.17) is 9.26 Å². The molecule has 0 saturated heterocycles. The van der Waals surface area contributed by atoms with Gasteiger partial charge in [-0.1, -0.05) is 23.8 Å². The van der Waals surface area contributed by atoms with Crippen LogP contribution in [-0.2, 0) is 12.2 Å². The van der Waals surface area contributed by atoms with E-state index in [9.17, 15) is 0 Å². The lowest BCUT2D eigenvalue weighted by Crippen LogP contribution is -1.86. The van der Waals surface area contributed by atoms with Gasteiger partial charge in [-0.15, -0.1) is 0 Å². The van der Waals surface area contributed by atoms with Gasteiger partial charge in [0.05, 0.1) is 23.9 Å². The van der Waals surface area contributed by atoms with Gasteiger partial charge in [0.2, 0.25) is 5.89 Å². The predicted molar refractivity (Wildman–Crippen MR) is 80.5 cm³/mol. The molecule has 21 heavy (non-hydrogen) atoms. The molecule has 1 aromatic carbocycles. The van der Waals surface area contributed by atoms with Crippen molar-refractivity contribution in [3.63, 3.8) is 0 Å². The molecule has 1 N–H and O–H groups in total. The van der Waals surface area contributed by atoms with Gasteiger partial charge in [-0.2, -0.15) is 4.98 Å². The third-order valence-electron chi connectivity index (χ3n) is 2.98. The van der Waals surface area contributed by atoms with Gasteiger partial charge in [-0.3, -0.25) is 0 Å². The monoisotopic (exact) mass is 304 g/mol. The van der Waals surface area contributed by atoms with E-state index in [2.05, 4.69) is 27.0 Å². The molecule has 0 aliphatic rings. The summed E-state index contributed by atoms with van der Waals surface area (Å²) in [6.45, 7) is 2.09. The predicted octanol–water partition coefficient (Wildman–Crippen LogP) is 3.20. The normalized spacial score (nSPS) is 11.1. The molecule has 0 aliphatic heterocycles. The van der Waals surface area contributed by atoms with Crippen molar-refractivity contribution in [2.24, 2.45) is 0 Å². The Bertz CT molecular complexity index is 737. The van der Waals surface area contributed by atoms with E-state index in [1.807, 2.05) is 18.2 Å². The van der Waals surface area contributed by atoms with Crippen LogP contribution in [0, 0.1) is 0 Å². The molecular weight excluding hydrogens is 288 g/mol. The first-order valence-electron chi connectivity index (χ1n) is 6.76. The summed E-state index contributed by atoms with van der Waals surface area (Å²) >= 11 is 1.54. The number of methoxy groups -OCH3 is 1. The number of fused-ring (bicyclic) bond motifs is 1. The molecule has 0 atom stereocenters. The van der Waals surface area contributed by atoms with Gasteiger partial charge in [0, 0.05) is 12.5 Å². The number of thioether (sulfide) groups is 1. The number of aromatic amines is 1. The van der Waals surface area contributed by atoms with E-state index in [1.165, 1.54) is 0 Å². The number of aryl methyl sites for hydroxylation is 1. The number of hydrogen-bond acceptors (Lipinski definition) is 6. The van der Waals surface area contributed by atoms with Crippen molar-refractivity contribution in [1.82, 2.24) is 20.1 Å². The smallest absolute Gasteiger partial charge is 0.237 e. The SMILES string of the molecule is CCCc1noc(CSc2nc3ccc(OC)cc3[nH]2)n1. The van der Waals surface area contributed by atoms with Gasteiger partial charge in [0.25, 0.3) is 0 Å². The number of aromatic nitrogens is 4. The van der Waals surface area contributed by atoms with Crippen molar-refractivity contribution in [3.8, 4) is 5.75 Å². The minimum Gasteiger partial charge on any atom is -0.497 e. The molecule has 0 unspecified atom stereocenters. The maximum atomic E-state index is 5.21. The molecule has 3 rings (SSSR count). The maximum absolute atomic E-state index is 5.21. The minimum atomic E-state index is 0.605. The van der Waals surface area contributed by atoms with Crippen molar-refractivity contribution in [2.75, 3.05) is 7.11 Å². The Hall–Kier alpha value is -2.02. The number of nitrogens with one attached hydrogen (secondary N) is 1. The van der Waals surface area contributed by atoms with E-state index in [0.29, 0.717) is 11.6 Å². The van der Waals surface area contributed by atoms with Gasteiger partial charge in [0.1, 0.15) is 5.75 Å². The summed E-state index contributed by atoms with van der Waals surface area (Å²) in [5.74, 6) is 2.81. The van der Waals surface area contributed by atoms with Crippen LogP contribution in [0.2, 0.25) is 0 Å². The van der Waals surface area contributed by atoms with Crippen LogP contribution >= 0.6 is 11.8 Å². The van der Waals surface area contributed by atoms with Crippen molar-refractivity contribution in [2.45, 2.75) is 30.7 Å². The van der Waals surface area contributed by atoms with Crippen LogP contribution in [0.3, 0.4) is 0 Å². The van der Waals surface area contributed by atoms with Crippen LogP contribution in [0.4, 0.5) is 0 Å². The summed E-state index contributed by atoms with van der Waals surface area (Å²) in [7, 11) is 1.65. The Balaban J connectivity index is 1.69. The van der Waals surface area contributed by atoms with Crippen LogP contribution in [0.1, 0.15) is 25.1 Å². The standard InChI is InChI=1S/C14H16N4O2S/c1-3-4-12-17-13(20-18-12)8-21-14-15-10-6-5-9(19-2)7-11(10)16-14/h5-7H,3-4,8H2,1-2H3,(H,15,16). The molecule has 0 amide bonds. The zero-order valence-electron chi connectivity index (χ0n) is 11.9. The van der Waals surface area contributed by atoms with E-state index in [-0.39, 0.29) is 0 Å². The van der Waals surface area contributed by atoms with Crippen LogP contribution < -0.4 is 4.74 Å². The first-order valence-corrected chi connectivity index (χ1v) is 7.75. The number of hydrogen-bond donors (Lipinski definition) is 1. The fourth-order valence-corrected chi connectivity index (χ4v) is 2.69. The summed E-state index contributed by atoms with van der Waals surface area (Å²) in [4.78, 5) is 12.1. The third kappa shape index (κ3) is 3.18. The Morgan fingerprint density at radius 3 is 3.05 bits per heavy atom. The second-order valence-corrected chi connectivity index (χ2v) is 5.53. The van der Waals surface area contributed by atoms with Crippen LogP contribution in [0.15, 0.2) is 27.9 Å². The fourth-order valence-electron chi connectivity index (χ4n) is 1.96. The van der Waals surface area contributed by atoms with Gasteiger partial charge in [-0.05, 0) is 18.6 Å². The summed E-state index contributed by atoms with van der Waals surface area (Å²) < 4.78 is 10.4. The van der Waals surface area contributed by atoms with Crippen molar-refractivity contribution in [1.29, 1.82) is 0 Å². The summed E-state index contributed by atoms with van der Waals surface area (Å²) in [6, 6.07) is 5.76. The minimum absolute atomic E-state index is 0.605. The average Bonchev–Trinajstić information content (AvgIpc) is 3.10. The lowest BCUT2D eigenvalue weighted by atomic mass is 10.3. The Kier molecular flexibility index (Phi) is 4.10. The van der Waals surface area contributed by atoms with E-state index in [1.54, 1.807) is 18.9 Å². The highest BCUT2D eigenvalue weighted by atomic mass is 32.2. The molecule has 0 aliphatic carbocycles. The summed E-state index contributed by atoms with van der Waals surface area (Å²) in [5.41, 5.74) is 1.87. The zero-order valence-corrected chi connectivity index (χ0v) is 12.7. The van der Waals surface area contributed by atoms with Crippen molar-refractivity contribution >= 4 is 22.8 Å². The van der Waals surface area contributed by atoms with Gasteiger partial charge < -0.3 is 14.2 Å². The topological polar surface area (TPSA) is 76.8 Å². The molecule has 0 radical (unpaired) electrons. The highest BCUT2D eigenvalue weighted by Crippen LogP contribution is 2.25. The highest BCUT2D eigenvalue weighted by Gasteiger charge is 2.09. The third-order valence-corrected chi connectivity index (χ3v) is 3.84. The largest absolute Gasteiger partial charge is 0.497 e. The molecule has 0 spiro atoms. The van der Waals surface area contributed by atoms with Gasteiger partial charge in [-0.25, -0.2) is 4.98 Å². The molecular formula is C14H16N4O2S. The number of H-pyrrole nitrogens is 1. The Morgan fingerprint density at radius 2 is 2.24 bits per heavy atom. The van der Waals surface area contributed by atoms with Gasteiger partial charge in [0.15, 0.2) is 11.0 Å². The number of nitrogens with zero attached hydrogens (tertiary/aromatic N) is 3. The second-order valence-electron chi connectivity index (χ2n) is 4.57. The van der Waals surface area contributed by atoms with Gasteiger partial charge >= 0.3 is 0 Å². The molecule has 2 heterocycles. The zero-order chi connectivity index (χ0) is 14.7. The van der Waals surface area contributed by atoms with Crippen molar-refractivity contribution < 1.29 is 9.26 Å². The lowest BCUT2D eigenvalue weighted by Gasteiger charge is -1.96. The van der Waals surface area contributed by atoms with Crippen LogP contribution in [0.5, 0.6) is 5.75 Å². The quantitative estimate of drug-likeness (QED) is 0.705. The second kappa shape index (κ2) is 6.17. The average molecular weight is 304 g/mol. The molecule has 0 saturated carbocycles. The molecule has 0 fully saturated rings. The summed E-state index contributed by atoms with van der Waals surface area (Å²) in [5, 5.41) is 4.76. The molecule has 0 bridgehead atoms. The Labute approximate surface area is 126 Å². The summed E-state index contributed by atoms with van der Waals surface area (Å²) in [6.07, 6.45) is 1.86. The van der Waals surface area contributed by atoms with Crippen molar-refractivity contribution in [3.05, 3.63) is 29.9 Å². The van der Waals surface area contributed by atoms with Crippen LogP contribution in [-0.4, -0.2) is 27.2 Å². The Morgan fingerprint density at radius 1 is 1.33 bits per heavy atom. The fraction of sp³-hybridized carbons (Fsp3) is 0.357. The first kappa shape index (κ1) is 13.9. The molecule has 2 aromatic heterocycles.